The van der Waals surface area contributed by atoms with Gasteiger partial charge in [0.25, 0.3) is 0 Å². The van der Waals surface area contributed by atoms with Crippen LogP contribution in [0, 0.1) is 18.3 Å². The van der Waals surface area contributed by atoms with Crippen molar-refractivity contribution in [3.63, 3.8) is 0 Å². The number of carbonyl (C=O) groups is 1. The fourth-order valence-electron chi connectivity index (χ4n) is 1.38. The number of hydrogen-bond acceptors (Lipinski definition) is 5. The summed E-state index contributed by atoms with van der Waals surface area (Å²) in [7, 11) is 0. The van der Waals surface area contributed by atoms with Gasteiger partial charge in [-0.15, -0.1) is 0 Å². The van der Waals surface area contributed by atoms with E-state index in [0.717, 1.165) is 26.3 Å². The Morgan fingerprint density at radius 3 is 2.61 bits per heavy atom. The molecule has 6 nitrogen and oxygen atoms in total. The second-order valence-corrected chi connectivity index (χ2v) is 3.73. The number of pyridine rings is 1. The lowest BCUT2D eigenvalue weighted by Crippen LogP contribution is -2.87. The van der Waals surface area contributed by atoms with Crippen molar-refractivity contribution in [3.8, 4) is 6.07 Å². The van der Waals surface area contributed by atoms with Crippen molar-refractivity contribution >= 4 is 5.97 Å². The molecule has 0 unspecified atom stereocenters. The third kappa shape index (κ3) is 4.49. The Bertz CT molecular complexity index is 439. The zero-order chi connectivity index (χ0) is 13.4. The standard InChI is InChI=1S/C8H6N2O2.C4H9NO/c1-5-7(8(11)12)2-6(3-9)4-10-5;1-3-6-4-2-5-1/h2,4H,1H3,(H,11,12);5H,1-4H2. The third-order valence-corrected chi connectivity index (χ3v) is 2.37. The Morgan fingerprint density at radius 1 is 1.56 bits per heavy atom. The van der Waals surface area contributed by atoms with E-state index in [1.807, 2.05) is 0 Å². The van der Waals surface area contributed by atoms with Crippen molar-refractivity contribution in [2.45, 2.75) is 6.92 Å². The van der Waals surface area contributed by atoms with Gasteiger partial charge >= 0.3 is 0 Å². The number of rotatable bonds is 1. The van der Waals surface area contributed by atoms with Gasteiger partial charge in [-0.1, -0.05) is 0 Å². The van der Waals surface area contributed by atoms with E-state index in [4.69, 9.17) is 10.00 Å². The number of nitrogens with zero attached hydrogens (tertiary/aromatic N) is 2. The SMILES string of the molecule is C1COCC[NH2+]1.Cc1ncc(C#N)cc1C(=O)[O-]. The molecule has 96 valence electrons. The smallest absolute Gasteiger partial charge is 0.101 e. The molecule has 18 heavy (non-hydrogen) atoms. The highest BCUT2D eigenvalue weighted by Gasteiger charge is 2.01. The normalized spacial score (nSPS) is 14.0. The number of carbonyl (C=O) groups excluding carboxylic acids is 1. The summed E-state index contributed by atoms with van der Waals surface area (Å²) in [6, 6.07) is 3.04. The number of nitrogens with two attached hydrogens (primary N) is 1. The first-order valence-electron chi connectivity index (χ1n) is 5.62. The molecule has 1 saturated heterocycles. The average Bonchev–Trinajstić information content (AvgIpc) is 2.41. The molecule has 1 aliphatic rings. The van der Waals surface area contributed by atoms with Crippen LogP contribution in [0.4, 0.5) is 0 Å². The summed E-state index contributed by atoms with van der Waals surface area (Å²) in [5.41, 5.74) is 0.544. The van der Waals surface area contributed by atoms with E-state index in [1.165, 1.54) is 12.3 Å². The summed E-state index contributed by atoms with van der Waals surface area (Å²) in [4.78, 5) is 14.2. The largest absolute Gasteiger partial charge is 0.545 e. The molecule has 6 heteroatoms. The molecule has 1 aromatic rings. The van der Waals surface area contributed by atoms with Crippen molar-refractivity contribution < 1.29 is 20.0 Å². The lowest BCUT2D eigenvalue weighted by molar-refractivity contribution is -0.670. The minimum absolute atomic E-state index is 0.0333. The van der Waals surface area contributed by atoms with E-state index in [9.17, 15) is 9.90 Å². The topological polar surface area (TPSA) is 103 Å². The first-order valence-corrected chi connectivity index (χ1v) is 5.62. The summed E-state index contributed by atoms with van der Waals surface area (Å²) in [5, 5.41) is 21.1. The number of hydrogen-bond donors (Lipinski definition) is 1. The van der Waals surface area contributed by atoms with Gasteiger partial charge in [-0.2, -0.15) is 5.26 Å². The van der Waals surface area contributed by atoms with Crippen LogP contribution in [-0.4, -0.2) is 37.3 Å². The summed E-state index contributed by atoms with van der Waals surface area (Å²) < 4.78 is 5.04. The van der Waals surface area contributed by atoms with Crippen molar-refractivity contribution in [3.05, 3.63) is 29.1 Å². The number of nitriles is 1. The van der Waals surface area contributed by atoms with E-state index in [2.05, 4.69) is 10.3 Å². The maximum Gasteiger partial charge on any atom is 0.101 e. The summed E-state index contributed by atoms with van der Waals surface area (Å²) in [6.07, 6.45) is 1.32. The van der Waals surface area contributed by atoms with Gasteiger partial charge in [-0.25, -0.2) is 0 Å². The van der Waals surface area contributed by atoms with E-state index in [1.54, 1.807) is 13.0 Å². The molecular weight excluding hydrogens is 234 g/mol. The summed E-state index contributed by atoms with van der Waals surface area (Å²) in [5.74, 6) is -1.31. The van der Waals surface area contributed by atoms with Crippen LogP contribution in [-0.2, 0) is 4.74 Å². The molecule has 0 atom stereocenters. The first kappa shape index (κ1) is 14.1. The molecule has 0 radical (unpaired) electrons. The van der Waals surface area contributed by atoms with E-state index in [-0.39, 0.29) is 11.1 Å². The Kier molecular flexibility index (Phi) is 5.77. The number of aromatic carboxylic acids is 1. The van der Waals surface area contributed by atoms with Crippen LogP contribution >= 0.6 is 0 Å². The molecule has 0 bridgehead atoms. The predicted molar refractivity (Wildman–Crippen MR) is 60.5 cm³/mol. The van der Waals surface area contributed by atoms with Crippen molar-refractivity contribution in [1.29, 1.82) is 5.26 Å². The van der Waals surface area contributed by atoms with Gasteiger partial charge in [0.2, 0.25) is 0 Å². The molecule has 2 heterocycles. The lowest BCUT2D eigenvalue weighted by atomic mass is 10.1. The molecule has 2 N–H and O–H groups in total. The zero-order valence-electron chi connectivity index (χ0n) is 10.2. The van der Waals surface area contributed by atoms with Crippen LogP contribution in [0.5, 0.6) is 0 Å². The van der Waals surface area contributed by atoms with Crippen LogP contribution in [0.2, 0.25) is 0 Å². The Hall–Kier alpha value is -1.97. The Labute approximate surface area is 105 Å². The number of morpholine rings is 1. The number of carboxylic acid groups (broad SMARTS) is 1. The number of ether oxygens (including phenoxy) is 1. The second-order valence-electron chi connectivity index (χ2n) is 3.73. The molecule has 0 amide bonds. The predicted octanol–water partition coefficient (Wildman–Crippen LogP) is -1.79. The van der Waals surface area contributed by atoms with Crippen LogP contribution in [0.15, 0.2) is 12.3 Å². The minimum atomic E-state index is -1.31. The van der Waals surface area contributed by atoms with Gasteiger partial charge in [-0.05, 0) is 13.0 Å². The van der Waals surface area contributed by atoms with Gasteiger partial charge in [0, 0.05) is 17.5 Å². The highest BCUT2D eigenvalue weighted by molar-refractivity contribution is 5.87. The fourth-order valence-corrected chi connectivity index (χ4v) is 1.38. The molecule has 1 aliphatic heterocycles. The third-order valence-electron chi connectivity index (χ3n) is 2.37. The van der Waals surface area contributed by atoms with Crippen LogP contribution in [0.1, 0.15) is 21.6 Å². The molecule has 0 aromatic carbocycles. The van der Waals surface area contributed by atoms with E-state index >= 15 is 0 Å². The van der Waals surface area contributed by atoms with Gasteiger partial charge in [-0.3, -0.25) is 4.98 Å². The number of carboxylic acids is 1. The Morgan fingerprint density at radius 2 is 2.22 bits per heavy atom. The number of aromatic nitrogens is 1. The van der Waals surface area contributed by atoms with Crippen molar-refractivity contribution in [1.82, 2.24) is 4.98 Å². The minimum Gasteiger partial charge on any atom is -0.545 e. The maximum absolute atomic E-state index is 10.4. The molecule has 1 aromatic heterocycles. The number of aryl methyl sites for hydroxylation is 1. The van der Waals surface area contributed by atoms with Crippen molar-refractivity contribution in [2.75, 3.05) is 26.3 Å². The molecule has 0 saturated carbocycles. The molecule has 0 aliphatic carbocycles. The number of quaternary nitrogens is 1. The van der Waals surface area contributed by atoms with Crippen molar-refractivity contribution in [2.24, 2.45) is 0 Å². The van der Waals surface area contributed by atoms with Crippen LogP contribution in [0.3, 0.4) is 0 Å². The first-order chi connectivity index (χ1) is 8.65. The molecule has 1 fully saturated rings. The molecule has 0 spiro atoms. The highest BCUT2D eigenvalue weighted by Crippen LogP contribution is 2.05. The zero-order valence-corrected chi connectivity index (χ0v) is 10.2. The molecule has 2 rings (SSSR count). The second kappa shape index (κ2) is 7.37. The van der Waals surface area contributed by atoms with Gasteiger partial charge in [0.05, 0.1) is 37.8 Å². The van der Waals surface area contributed by atoms with Crippen LogP contribution < -0.4 is 10.4 Å². The average molecular weight is 249 g/mol. The summed E-state index contributed by atoms with van der Waals surface area (Å²) in [6.45, 7) is 5.74. The highest BCUT2D eigenvalue weighted by atomic mass is 16.5. The lowest BCUT2D eigenvalue weighted by Gasteiger charge is -2.07. The maximum atomic E-state index is 10.4. The molecular formula is C12H15N3O3. The van der Waals surface area contributed by atoms with Gasteiger partial charge < -0.3 is 20.0 Å². The van der Waals surface area contributed by atoms with E-state index in [0.29, 0.717) is 5.69 Å². The van der Waals surface area contributed by atoms with E-state index < -0.39 is 5.97 Å². The fraction of sp³-hybridized carbons (Fsp3) is 0.417. The van der Waals surface area contributed by atoms with Gasteiger partial charge in [0.1, 0.15) is 6.07 Å². The van der Waals surface area contributed by atoms with Crippen LogP contribution in [0.25, 0.3) is 0 Å². The monoisotopic (exact) mass is 249 g/mol. The summed E-state index contributed by atoms with van der Waals surface area (Å²) >= 11 is 0. The quantitative estimate of drug-likeness (QED) is 0.633. The van der Waals surface area contributed by atoms with Gasteiger partial charge in [0.15, 0.2) is 0 Å². The Balaban J connectivity index is 0.000000225.